The molecule has 3 aromatic rings. The monoisotopic (exact) mass is 575 g/mol. The average Bonchev–Trinajstić information content (AvgIpc) is 3.38. The Morgan fingerprint density at radius 2 is 1.76 bits per heavy atom. The fourth-order valence-electron chi connectivity index (χ4n) is 5.42. The van der Waals surface area contributed by atoms with E-state index in [1.54, 1.807) is 27.9 Å². The zero-order chi connectivity index (χ0) is 30.1. The molecule has 1 aromatic heterocycles. The quantitative estimate of drug-likeness (QED) is 0.397. The normalized spacial score (nSPS) is 19.5. The maximum Gasteiger partial charge on any atom is 0.411 e. The van der Waals surface area contributed by atoms with Gasteiger partial charge in [0.25, 0.3) is 0 Å². The van der Waals surface area contributed by atoms with E-state index in [9.17, 15) is 14.4 Å². The van der Waals surface area contributed by atoms with Crippen LogP contribution in [0.5, 0.6) is 11.5 Å². The van der Waals surface area contributed by atoms with E-state index in [4.69, 9.17) is 23.9 Å². The number of carbonyl (C=O) groups excluding carboxylic acids is 3. The summed E-state index contributed by atoms with van der Waals surface area (Å²) in [5.41, 5.74) is 0.484. The van der Waals surface area contributed by atoms with Crippen LogP contribution in [0.1, 0.15) is 46.5 Å². The van der Waals surface area contributed by atoms with Crippen LogP contribution in [-0.4, -0.2) is 71.9 Å². The lowest BCUT2D eigenvalue weighted by molar-refractivity contribution is -0.155. The highest BCUT2D eigenvalue weighted by Gasteiger charge is 2.50. The minimum atomic E-state index is -1.07. The van der Waals surface area contributed by atoms with E-state index in [1.165, 1.54) is 12.0 Å². The topological polar surface area (TPSA) is 116 Å². The Morgan fingerprint density at radius 3 is 2.38 bits per heavy atom. The Kier molecular flexibility index (Phi) is 7.99. The number of fused-ring (bicyclic) bond motifs is 1. The maximum atomic E-state index is 13.6. The Balaban J connectivity index is 1.46. The molecular formula is C32H37N3O7. The molecule has 0 spiro atoms. The van der Waals surface area contributed by atoms with E-state index in [0.717, 1.165) is 17.4 Å². The number of hydrogen-bond donors (Lipinski definition) is 1. The van der Waals surface area contributed by atoms with Crippen molar-refractivity contribution in [1.29, 1.82) is 0 Å². The Hall–Kier alpha value is -4.34. The Bertz CT molecular complexity index is 1480. The van der Waals surface area contributed by atoms with Gasteiger partial charge in [-0.1, -0.05) is 30.3 Å². The van der Waals surface area contributed by atoms with Crippen LogP contribution < -0.4 is 14.8 Å². The van der Waals surface area contributed by atoms with E-state index >= 15 is 0 Å². The number of carbonyl (C=O) groups is 3. The number of benzene rings is 2. The van der Waals surface area contributed by atoms with Gasteiger partial charge in [0.2, 0.25) is 5.91 Å². The fraction of sp³-hybridized carbons (Fsp3) is 0.438. The van der Waals surface area contributed by atoms with Crippen molar-refractivity contribution >= 4 is 28.9 Å². The lowest BCUT2D eigenvalue weighted by atomic mass is 9.76. The van der Waals surface area contributed by atoms with Gasteiger partial charge in [-0.05, 0) is 52.2 Å². The van der Waals surface area contributed by atoms with Crippen LogP contribution in [0.25, 0.3) is 22.2 Å². The number of hydrogen-bond acceptors (Lipinski definition) is 8. The number of likely N-dealkylation sites (tertiary alicyclic amines) is 1. The van der Waals surface area contributed by atoms with Gasteiger partial charge in [-0.3, -0.25) is 9.69 Å². The van der Waals surface area contributed by atoms with Crippen molar-refractivity contribution in [2.45, 2.75) is 69.7 Å². The number of amides is 2. The van der Waals surface area contributed by atoms with Crippen molar-refractivity contribution in [1.82, 2.24) is 15.2 Å². The number of nitrogens with one attached hydrogen (secondary N) is 1. The van der Waals surface area contributed by atoms with E-state index < -0.39 is 41.3 Å². The van der Waals surface area contributed by atoms with Gasteiger partial charge in [-0.15, -0.1) is 0 Å². The third kappa shape index (κ3) is 5.98. The minimum absolute atomic E-state index is 0.124. The fourth-order valence-corrected chi connectivity index (χ4v) is 5.42. The Labute approximate surface area is 245 Å². The number of methoxy groups -OCH3 is 2. The molecule has 1 saturated carbocycles. The molecule has 1 N–H and O–H groups in total. The predicted octanol–water partition coefficient (Wildman–Crippen LogP) is 4.88. The largest absolute Gasteiger partial charge is 0.497 e. The first-order chi connectivity index (χ1) is 20.0. The number of aromatic nitrogens is 1. The highest BCUT2D eigenvalue weighted by Crippen LogP contribution is 2.36. The molecule has 0 bridgehead atoms. The first-order valence-corrected chi connectivity index (χ1v) is 14.1. The van der Waals surface area contributed by atoms with Gasteiger partial charge in [-0.2, -0.15) is 0 Å². The van der Waals surface area contributed by atoms with Crippen molar-refractivity contribution in [3.8, 4) is 22.8 Å². The van der Waals surface area contributed by atoms with Gasteiger partial charge < -0.3 is 24.3 Å². The second-order valence-electron chi connectivity index (χ2n) is 11.8. The number of pyridine rings is 1. The number of nitrogens with zero attached hydrogens (tertiary/aromatic N) is 2. The van der Waals surface area contributed by atoms with Gasteiger partial charge in [0, 0.05) is 29.5 Å². The van der Waals surface area contributed by atoms with Crippen molar-refractivity contribution in [2.75, 3.05) is 20.8 Å². The summed E-state index contributed by atoms with van der Waals surface area (Å²) in [4.78, 5) is 45.7. The zero-order valence-electron chi connectivity index (χ0n) is 24.6. The predicted molar refractivity (Wildman–Crippen MR) is 156 cm³/mol. The van der Waals surface area contributed by atoms with Crippen LogP contribution >= 0.6 is 0 Å². The number of ether oxygens (including phenoxy) is 4. The average molecular weight is 576 g/mol. The number of rotatable bonds is 7. The summed E-state index contributed by atoms with van der Waals surface area (Å²) in [5, 5.41) is 3.65. The second-order valence-corrected chi connectivity index (χ2v) is 11.8. The minimum Gasteiger partial charge on any atom is -0.497 e. The van der Waals surface area contributed by atoms with Crippen molar-refractivity contribution in [2.24, 2.45) is 0 Å². The highest BCUT2D eigenvalue weighted by atomic mass is 16.6. The molecule has 2 atom stereocenters. The molecule has 1 saturated heterocycles. The van der Waals surface area contributed by atoms with Gasteiger partial charge in [-0.25, -0.2) is 14.6 Å². The summed E-state index contributed by atoms with van der Waals surface area (Å²) >= 11 is 0. The van der Waals surface area contributed by atoms with Crippen LogP contribution in [0.4, 0.5) is 4.79 Å². The molecule has 1 aliphatic heterocycles. The third-order valence-electron chi connectivity index (χ3n) is 7.68. The van der Waals surface area contributed by atoms with E-state index in [1.807, 2.05) is 54.6 Å². The lowest BCUT2D eigenvalue weighted by Gasteiger charge is -2.40. The smallest absolute Gasteiger partial charge is 0.411 e. The van der Waals surface area contributed by atoms with E-state index in [2.05, 4.69) is 5.32 Å². The summed E-state index contributed by atoms with van der Waals surface area (Å²) in [5.74, 6) is 0.312. The SMILES string of the molecule is COC(=O)C1(NC(=O)[C@@H]2C[C@@H](Oc3cc(-c4ccccc4)nc4cc(OC)ccc34)CN2C(=O)OC(C)(C)C)CCC1. The first-order valence-electron chi connectivity index (χ1n) is 14.1. The molecular weight excluding hydrogens is 538 g/mol. The molecule has 2 aliphatic rings. The maximum absolute atomic E-state index is 13.6. The summed E-state index contributed by atoms with van der Waals surface area (Å²) in [7, 11) is 2.90. The molecule has 0 unspecified atom stereocenters. The molecule has 2 heterocycles. The molecule has 2 amide bonds. The van der Waals surface area contributed by atoms with Crippen LogP contribution in [0.15, 0.2) is 54.6 Å². The Morgan fingerprint density at radius 1 is 1.02 bits per heavy atom. The molecule has 42 heavy (non-hydrogen) atoms. The van der Waals surface area contributed by atoms with Crippen LogP contribution in [-0.2, 0) is 19.1 Å². The van der Waals surface area contributed by atoms with Gasteiger partial charge in [0.05, 0.1) is 32.0 Å². The molecule has 5 rings (SSSR count). The van der Waals surface area contributed by atoms with Crippen LogP contribution in [0.3, 0.4) is 0 Å². The van der Waals surface area contributed by atoms with Crippen molar-refractivity contribution in [3.63, 3.8) is 0 Å². The summed E-state index contributed by atoms with van der Waals surface area (Å²) < 4.78 is 22.6. The van der Waals surface area contributed by atoms with Gasteiger partial charge >= 0.3 is 12.1 Å². The number of esters is 1. The molecule has 0 radical (unpaired) electrons. The summed E-state index contributed by atoms with van der Waals surface area (Å²) in [6, 6.07) is 16.3. The summed E-state index contributed by atoms with van der Waals surface area (Å²) in [6.07, 6.45) is 0.830. The van der Waals surface area contributed by atoms with Crippen LogP contribution in [0, 0.1) is 0 Å². The van der Waals surface area contributed by atoms with Gasteiger partial charge in [0.1, 0.15) is 34.8 Å². The van der Waals surface area contributed by atoms with E-state index in [-0.39, 0.29) is 13.0 Å². The summed E-state index contributed by atoms with van der Waals surface area (Å²) in [6.45, 7) is 5.44. The lowest BCUT2D eigenvalue weighted by Crippen LogP contribution is -2.62. The second kappa shape index (κ2) is 11.5. The standard InChI is InChI=1S/C32H37N3O7/c1-31(2,3)42-30(38)35-19-22(17-26(35)28(36)34-32(14-9-15-32)29(37)40-5)41-27-18-24(20-10-7-6-8-11-20)33-25-16-21(39-4)12-13-23(25)27/h6-8,10-13,16,18,22,26H,9,14-15,17,19H2,1-5H3,(H,34,36)/t22-,26+/m1/s1. The van der Waals surface area contributed by atoms with Gasteiger partial charge in [0.15, 0.2) is 0 Å². The van der Waals surface area contributed by atoms with Crippen LogP contribution in [0.2, 0.25) is 0 Å². The molecule has 10 nitrogen and oxygen atoms in total. The molecule has 222 valence electrons. The zero-order valence-corrected chi connectivity index (χ0v) is 24.6. The molecule has 2 fully saturated rings. The van der Waals surface area contributed by atoms with E-state index in [0.29, 0.717) is 35.6 Å². The molecule has 2 aromatic carbocycles. The molecule has 1 aliphatic carbocycles. The third-order valence-corrected chi connectivity index (χ3v) is 7.68. The highest BCUT2D eigenvalue weighted by molar-refractivity contribution is 5.93. The van der Waals surface area contributed by atoms with Crippen molar-refractivity contribution < 1.29 is 33.3 Å². The first kappa shape index (κ1) is 29.2. The van der Waals surface area contributed by atoms with Crippen molar-refractivity contribution in [3.05, 3.63) is 54.6 Å². The molecule has 10 heteroatoms.